The SMILES string of the molecule is CCC[C@H]1NC(=O)N([C@H](C)C(=O)Nc2ccc(Cl)cc2)C1=O. The molecule has 0 aliphatic carbocycles. The van der Waals surface area contributed by atoms with Gasteiger partial charge in [-0.15, -0.1) is 0 Å². The summed E-state index contributed by atoms with van der Waals surface area (Å²) in [5.41, 5.74) is 0.554. The van der Waals surface area contributed by atoms with Crippen LogP contribution in [-0.2, 0) is 9.59 Å². The van der Waals surface area contributed by atoms with Crippen LogP contribution in [0.1, 0.15) is 26.7 Å². The molecule has 118 valence electrons. The van der Waals surface area contributed by atoms with E-state index in [2.05, 4.69) is 10.6 Å². The maximum absolute atomic E-state index is 12.2. The van der Waals surface area contributed by atoms with Crippen molar-refractivity contribution in [3.05, 3.63) is 29.3 Å². The quantitative estimate of drug-likeness (QED) is 0.817. The molecule has 2 atom stereocenters. The van der Waals surface area contributed by atoms with E-state index in [1.807, 2.05) is 6.92 Å². The first kappa shape index (κ1) is 16.3. The fourth-order valence-corrected chi connectivity index (χ4v) is 2.42. The lowest BCUT2D eigenvalue weighted by atomic mass is 10.1. The summed E-state index contributed by atoms with van der Waals surface area (Å²) in [6.45, 7) is 3.45. The highest BCUT2D eigenvalue weighted by Gasteiger charge is 2.42. The van der Waals surface area contributed by atoms with E-state index in [1.165, 1.54) is 6.92 Å². The standard InChI is InChI=1S/C15H18ClN3O3/c1-3-4-12-14(21)19(15(22)18-12)9(2)13(20)17-11-7-5-10(16)6-8-11/h5-9,12H,3-4H2,1-2H3,(H,17,20)(H,18,22)/t9-,12-/m1/s1. The number of imide groups is 1. The molecule has 0 bridgehead atoms. The molecule has 1 aromatic carbocycles. The Hall–Kier alpha value is -2.08. The normalized spacial score (nSPS) is 19.0. The lowest BCUT2D eigenvalue weighted by Gasteiger charge is -2.20. The molecule has 0 aromatic heterocycles. The van der Waals surface area contributed by atoms with Gasteiger partial charge in [-0.05, 0) is 37.6 Å². The molecule has 1 saturated heterocycles. The number of urea groups is 1. The van der Waals surface area contributed by atoms with E-state index in [4.69, 9.17) is 11.6 Å². The number of benzene rings is 1. The third-order valence-electron chi connectivity index (χ3n) is 3.51. The number of nitrogens with zero attached hydrogens (tertiary/aromatic N) is 1. The lowest BCUT2D eigenvalue weighted by molar-refractivity contribution is -0.133. The Bertz CT molecular complexity index is 588. The number of nitrogens with one attached hydrogen (secondary N) is 2. The highest BCUT2D eigenvalue weighted by molar-refractivity contribution is 6.30. The van der Waals surface area contributed by atoms with Gasteiger partial charge < -0.3 is 10.6 Å². The summed E-state index contributed by atoms with van der Waals surface area (Å²) in [6.07, 6.45) is 1.34. The molecule has 0 spiro atoms. The number of anilines is 1. The van der Waals surface area contributed by atoms with Gasteiger partial charge in [0.1, 0.15) is 12.1 Å². The summed E-state index contributed by atoms with van der Waals surface area (Å²) < 4.78 is 0. The molecule has 2 rings (SSSR count). The Balaban J connectivity index is 2.05. The third-order valence-corrected chi connectivity index (χ3v) is 3.76. The fraction of sp³-hybridized carbons (Fsp3) is 0.400. The molecular formula is C15H18ClN3O3. The van der Waals surface area contributed by atoms with Crippen molar-refractivity contribution >= 4 is 35.1 Å². The lowest BCUT2D eigenvalue weighted by Crippen LogP contribution is -2.46. The first-order chi connectivity index (χ1) is 10.4. The molecule has 7 heteroatoms. The van der Waals surface area contributed by atoms with Crippen LogP contribution in [-0.4, -0.2) is 34.8 Å². The second kappa shape index (κ2) is 6.79. The van der Waals surface area contributed by atoms with E-state index < -0.39 is 24.0 Å². The predicted molar refractivity (Wildman–Crippen MR) is 83.6 cm³/mol. The summed E-state index contributed by atoms with van der Waals surface area (Å²) in [5.74, 6) is -0.784. The minimum absolute atomic E-state index is 0.356. The Labute approximate surface area is 133 Å². The molecule has 1 aliphatic heterocycles. The average molecular weight is 324 g/mol. The number of amides is 4. The van der Waals surface area contributed by atoms with Crippen LogP contribution < -0.4 is 10.6 Å². The average Bonchev–Trinajstić information content (AvgIpc) is 2.75. The topological polar surface area (TPSA) is 78.5 Å². The maximum atomic E-state index is 12.2. The number of rotatable bonds is 5. The molecule has 2 N–H and O–H groups in total. The van der Waals surface area contributed by atoms with Crippen molar-refractivity contribution < 1.29 is 14.4 Å². The molecule has 1 heterocycles. The first-order valence-corrected chi connectivity index (χ1v) is 7.51. The highest BCUT2D eigenvalue weighted by Crippen LogP contribution is 2.17. The Morgan fingerprint density at radius 3 is 2.59 bits per heavy atom. The van der Waals surface area contributed by atoms with Crippen LogP contribution >= 0.6 is 11.6 Å². The van der Waals surface area contributed by atoms with Gasteiger partial charge in [0, 0.05) is 10.7 Å². The predicted octanol–water partition coefficient (Wildman–Crippen LogP) is 2.39. The molecule has 1 fully saturated rings. The third kappa shape index (κ3) is 3.39. The van der Waals surface area contributed by atoms with Gasteiger partial charge in [-0.3, -0.25) is 14.5 Å². The number of hydrogen-bond acceptors (Lipinski definition) is 3. The monoisotopic (exact) mass is 323 g/mol. The van der Waals surface area contributed by atoms with Gasteiger partial charge in [-0.2, -0.15) is 0 Å². The minimum Gasteiger partial charge on any atom is -0.326 e. The molecule has 6 nitrogen and oxygen atoms in total. The second-order valence-corrected chi connectivity index (χ2v) is 5.61. The van der Waals surface area contributed by atoms with E-state index in [-0.39, 0.29) is 5.91 Å². The Morgan fingerprint density at radius 2 is 2.00 bits per heavy atom. The van der Waals surface area contributed by atoms with Crippen molar-refractivity contribution in [2.24, 2.45) is 0 Å². The van der Waals surface area contributed by atoms with Gasteiger partial charge in [-0.25, -0.2) is 4.79 Å². The number of halogens is 1. The zero-order valence-electron chi connectivity index (χ0n) is 12.4. The molecule has 1 aromatic rings. The van der Waals surface area contributed by atoms with Crippen molar-refractivity contribution in [1.82, 2.24) is 10.2 Å². The number of carbonyl (C=O) groups is 3. The number of hydrogen-bond donors (Lipinski definition) is 2. The number of carbonyl (C=O) groups excluding carboxylic acids is 3. The van der Waals surface area contributed by atoms with Crippen LogP contribution in [0.25, 0.3) is 0 Å². The molecule has 1 aliphatic rings. The van der Waals surface area contributed by atoms with E-state index in [0.29, 0.717) is 17.1 Å². The van der Waals surface area contributed by atoms with Crippen molar-refractivity contribution in [2.45, 2.75) is 38.8 Å². The van der Waals surface area contributed by atoms with Crippen LogP contribution in [0.2, 0.25) is 5.02 Å². The molecule has 22 heavy (non-hydrogen) atoms. The summed E-state index contributed by atoms with van der Waals surface area (Å²) >= 11 is 5.78. The molecular weight excluding hydrogens is 306 g/mol. The van der Waals surface area contributed by atoms with Gasteiger partial charge >= 0.3 is 6.03 Å². The maximum Gasteiger partial charge on any atom is 0.325 e. The summed E-state index contributed by atoms with van der Waals surface area (Å²) in [4.78, 5) is 37.3. The zero-order valence-corrected chi connectivity index (χ0v) is 13.2. The van der Waals surface area contributed by atoms with Crippen LogP contribution in [0.5, 0.6) is 0 Å². The van der Waals surface area contributed by atoms with Gasteiger partial charge in [0.05, 0.1) is 0 Å². The Kier molecular flexibility index (Phi) is 5.03. The van der Waals surface area contributed by atoms with Gasteiger partial charge in [-0.1, -0.05) is 24.9 Å². The van der Waals surface area contributed by atoms with E-state index in [1.54, 1.807) is 24.3 Å². The Morgan fingerprint density at radius 1 is 1.36 bits per heavy atom. The summed E-state index contributed by atoms with van der Waals surface area (Å²) in [7, 11) is 0. The molecule has 0 saturated carbocycles. The fourth-order valence-electron chi connectivity index (χ4n) is 2.30. The van der Waals surface area contributed by atoms with E-state index in [9.17, 15) is 14.4 Å². The zero-order chi connectivity index (χ0) is 16.3. The molecule has 0 unspecified atom stereocenters. The molecule has 0 radical (unpaired) electrons. The largest absolute Gasteiger partial charge is 0.326 e. The van der Waals surface area contributed by atoms with Crippen molar-refractivity contribution in [2.75, 3.05) is 5.32 Å². The van der Waals surface area contributed by atoms with Crippen LogP contribution in [0, 0.1) is 0 Å². The smallest absolute Gasteiger partial charge is 0.325 e. The van der Waals surface area contributed by atoms with Crippen molar-refractivity contribution in [3.8, 4) is 0 Å². The van der Waals surface area contributed by atoms with Gasteiger partial charge in [0.25, 0.3) is 5.91 Å². The highest BCUT2D eigenvalue weighted by atomic mass is 35.5. The van der Waals surface area contributed by atoms with Crippen LogP contribution in [0.15, 0.2) is 24.3 Å². The first-order valence-electron chi connectivity index (χ1n) is 7.14. The van der Waals surface area contributed by atoms with Crippen LogP contribution in [0.3, 0.4) is 0 Å². The van der Waals surface area contributed by atoms with Crippen molar-refractivity contribution in [1.29, 1.82) is 0 Å². The van der Waals surface area contributed by atoms with E-state index in [0.717, 1.165) is 11.3 Å². The summed E-state index contributed by atoms with van der Waals surface area (Å²) in [6, 6.07) is 4.65. The summed E-state index contributed by atoms with van der Waals surface area (Å²) in [5, 5.41) is 5.82. The minimum atomic E-state index is -0.884. The van der Waals surface area contributed by atoms with E-state index >= 15 is 0 Å². The van der Waals surface area contributed by atoms with Crippen LogP contribution in [0.4, 0.5) is 10.5 Å². The molecule has 4 amide bonds. The second-order valence-electron chi connectivity index (χ2n) is 5.17. The van der Waals surface area contributed by atoms with Gasteiger partial charge in [0.15, 0.2) is 0 Å². The van der Waals surface area contributed by atoms with Gasteiger partial charge in [0.2, 0.25) is 5.91 Å². The van der Waals surface area contributed by atoms with Crippen molar-refractivity contribution in [3.63, 3.8) is 0 Å².